The molecule has 1 aromatic heterocycles. The fourth-order valence-corrected chi connectivity index (χ4v) is 5.17. The summed E-state index contributed by atoms with van der Waals surface area (Å²) in [6.45, 7) is 1.44. The van der Waals surface area contributed by atoms with Gasteiger partial charge in [0.2, 0.25) is 5.91 Å². The van der Waals surface area contributed by atoms with E-state index in [9.17, 15) is 13.2 Å². The highest BCUT2D eigenvalue weighted by Gasteiger charge is 2.39. The van der Waals surface area contributed by atoms with Gasteiger partial charge in [-0.3, -0.25) is 4.79 Å². The molecule has 0 saturated heterocycles. The lowest BCUT2D eigenvalue weighted by molar-refractivity contribution is -0.122. The van der Waals surface area contributed by atoms with Gasteiger partial charge in [-0.15, -0.1) is 12.4 Å². The molecule has 1 heterocycles. The lowest BCUT2D eigenvalue weighted by atomic mass is 9.67. The monoisotopic (exact) mass is 405 g/mol. The molecule has 2 unspecified atom stereocenters. The number of aryl methyl sites for hydroxylation is 2. The molecule has 10 heteroatoms. The van der Waals surface area contributed by atoms with Crippen molar-refractivity contribution in [2.45, 2.75) is 56.1 Å². The van der Waals surface area contributed by atoms with Crippen LogP contribution in [0.4, 0.5) is 0 Å². The molecular formula is C16H28ClN5O3S. The van der Waals surface area contributed by atoms with Crippen LogP contribution in [0, 0.1) is 18.8 Å². The highest BCUT2D eigenvalue weighted by molar-refractivity contribution is 7.89. The van der Waals surface area contributed by atoms with Gasteiger partial charge in [-0.2, -0.15) is 0 Å². The van der Waals surface area contributed by atoms with Crippen molar-refractivity contribution in [2.75, 3.05) is 6.54 Å². The third-order valence-corrected chi connectivity index (χ3v) is 6.76. The quantitative estimate of drug-likeness (QED) is 0.657. The highest BCUT2D eigenvalue weighted by atomic mass is 35.5. The van der Waals surface area contributed by atoms with E-state index in [4.69, 9.17) is 5.73 Å². The molecule has 0 radical (unpaired) electrons. The van der Waals surface area contributed by atoms with Gasteiger partial charge in [-0.05, 0) is 44.4 Å². The molecule has 2 saturated carbocycles. The molecule has 2 atom stereocenters. The van der Waals surface area contributed by atoms with Gasteiger partial charge in [-0.1, -0.05) is 6.42 Å². The van der Waals surface area contributed by atoms with Crippen LogP contribution in [0.2, 0.25) is 0 Å². The summed E-state index contributed by atoms with van der Waals surface area (Å²) in [6, 6.07) is 0.331. The number of aromatic nitrogens is 2. The summed E-state index contributed by atoms with van der Waals surface area (Å²) >= 11 is 0. The second kappa shape index (κ2) is 8.24. The van der Waals surface area contributed by atoms with Crippen LogP contribution < -0.4 is 15.8 Å². The first-order valence-electron chi connectivity index (χ1n) is 8.81. The Labute approximate surface area is 160 Å². The molecule has 1 amide bonds. The summed E-state index contributed by atoms with van der Waals surface area (Å²) < 4.78 is 28.5. The van der Waals surface area contributed by atoms with Crippen molar-refractivity contribution in [3.8, 4) is 0 Å². The van der Waals surface area contributed by atoms with E-state index in [1.165, 1.54) is 12.6 Å². The third-order valence-electron chi connectivity index (χ3n) is 5.49. The fourth-order valence-electron chi connectivity index (χ4n) is 4.15. The normalized spacial score (nSPS) is 28.3. The smallest absolute Gasteiger partial charge is 0.260 e. The molecule has 1 aromatic rings. The van der Waals surface area contributed by atoms with E-state index in [0.717, 1.165) is 25.7 Å². The van der Waals surface area contributed by atoms with Crippen molar-refractivity contribution in [1.82, 2.24) is 19.6 Å². The number of fused-ring (bicyclic) bond motifs is 2. The molecular weight excluding hydrogens is 378 g/mol. The number of nitrogens with one attached hydrogen (secondary N) is 2. The Hall–Kier alpha value is -1.16. The highest BCUT2D eigenvalue weighted by Crippen LogP contribution is 2.39. The van der Waals surface area contributed by atoms with Crippen LogP contribution in [0.5, 0.6) is 0 Å². The number of amides is 1. The number of hydrogen-bond acceptors (Lipinski definition) is 5. The molecule has 0 spiro atoms. The van der Waals surface area contributed by atoms with Gasteiger partial charge in [-0.25, -0.2) is 18.1 Å². The molecule has 148 valence electrons. The van der Waals surface area contributed by atoms with E-state index in [0.29, 0.717) is 17.7 Å². The van der Waals surface area contributed by atoms with Gasteiger partial charge in [0.15, 0.2) is 5.03 Å². The van der Waals surface area contributed by atoms with Crippen LogP contribution in [-0.4, -0.2) is 42.5 Å². The second-order valence-corrected chi connectivity index (χ2v) is 9.05. The van der Waals surface area contributed by atoms with Crippen LogP contribution in [0.3, 0.4) is 0 Å². The summed E-state index contributed by atoms with van der Waals surface area (Å²) in [7, 11) is -2.07. The second-order valence-electron chi connectivity index (χ2n) is 7.34. The number of hydrogen-bond donors (Lipinski definition) is 3. The molecule has 2 aliphatic rings. The van der Waals surface area contributed by atoms with Crippen molar-refractivity contribution in [2.24, 2.45) is 24.6 Å². The van der Waals surface area contributed by atoms with Crippen LogP contribution in [0.1, 0.15) is 37.9 Å². The number of nitrogens with two attached hydrogens (primary N) is 1. The Bertz CT molecular complexity index is 718. The van der Waals surface area contributed by atoms with E-state index in [2.05, 4.69) is 15.0 Å². The predicted molar refractivity (Wildman–Crippen MR) is 100 cm³/mol. The Morgan fingerprint density at radius 2 is 1.96 bits per heavy atom. The molecule has 26 heavy (non-hydrogen) atoms. The first-order chi connectivity index (χ1) is 11.8. The Morgan fingerprint density at radius 3 is 2.50 bits per heavy atom. The maximum absolute atomic E-state index is 12.3. The molecule has 2 fully saturated rings. The minimum atomic E-state index is -3.79. The van der Waals surface area contributed by atoms with Gasteiger partial charge >= 0.3 is 0 Å². The summed E-state index contributed by atoms with van der Waals surface area (Å²) in [4.78, 5) is 16.3. The minimum Gasteiger partial charge on any atom is -0.352 e. The van der Waals surface area contributed by atoms with E-state index < -0.39 is 10.0 Å². The van der Waals surface area contributed by atoms with Crippen molar-refractivity contribution in [3.63, 3.8) is 0 Å². The van der Waals surface area contributed by atoms with Gasteiger partial charge in [0.25, 0.3) is 10.0 Å². The van der Waals surface area contributed by atoms with E-state index in [1.54, 1.807) is 18.5 Å². The Kier molecular flexibility index (Phi) is 6.70. The maximum Gasteiger partial charge on any atom is 0.260 e. The summed E-state index contributed by atoms with van der Waals surface area (Å²) in [5, 5.41) is 2.97. The van der Waals surface area contributed by atoms with E-state index in [1.807, 2.05) is 0 Å². The van der Waals surface area contributed by atoms with Crippen LogP contribution >= 0.6 is 12.4 Å². The van der Waals surface area contributed by atoms with Gasteiger partial charge in [0, 0.05) is 25.3 Å². The zero-order valence-electron chi connectivity index (χ0n) is 15.1. The summed E-state index contributed by atoms with van der Waals surface area (Å²) in [6.07, 6.45) is 6.63. The average Bonchev–Trinajstić information content (AvgIpc) is 2.87. The summed E-state index contributed by atoms with van der Waals surface area (Å²) in [5.74, 6) is 1.10. The first kappa shape index (κ1) is 21.1. The largest absolute Gasteiger partial charge is 0.352 e. The molecule has 2 aliphatic carbocycles. The molecule has 8 nitrogen and oxygen atoms in total. The van der Waals surface area contributed by atoms with E-state index in [-0.39, 0.29) is 42.0 Å². The maximum atomic E-state index is 12.3. The fraction of sp³-hybridized carbons (Fsp3) is 0.750. The average molecular weight is 406 g/mol. The number of halogens is 1. The molecule has 4 N–H and O–H groups in total. The lowest BCUT2D eigenvalue weighted by Gasteiger charge is -2.45. The van der Waals surface area contributed by atoms with Crippen molar-refractivity contribution >= 4 is 28.3 Å². The van der Waals surface area contributed by atoms with Crippen LogP contribution in [0.25, 0.3) is 0 Å². The lowest BCUT2D eigenvalue weighted by Crippen LogP contribution is -2.55. The molecule has 3 rings (SSSR count). The number of nitrogens with zero attached hydrogens (tertiary/aromatic N) is 2. The number of rotatable bonds is 5. The van der Waals surface area contributed by atoms with Crippen molar-refractivity contribution in [1.29, 1.82) is 0 Å². The zero-order valence-corrected chi connectivity index (χ0v) is 16.8. The summed E-state index contributed by atoms with van der Waals surface area (Å²) in [5.41, 5.74) is 6.10. The SMILES string of the molecule is Cc1nc(S(=O)(=O)NCC(=O)NC2C3CCCC2CC(N)C3)cn1C.Cl. The third kappa shape index (κ3) is 4.57. The minimum absolute atomic E-state index is 0. The number of sulfonamides is 1. The van der Waals surface area contributed by atoms with Gasteiger partial charge in [0.1, 0.15) is 5.82 Å². The van der Waals surface area contributed by atoms with Crippen molar-refractivity contribution in [3.05, 3.63) is 12.0 Å². The van der Waals surface area contributed by atoms with Crippen LogP contribution in [-0.2, 0) is 21.9 Å². The van der Waals surface area contributed by atoms with Crippen LogP contribution in [0.15, 0.2) is 11.2 Å². The van der Waals surface area contributed by atoms with Gasteiger partial charge < -0.3 is 15.6 Å². The molecule has 0 aliphatic heterocycles. The van der Waals surface area contributed by atoms with Crippen molar-refractivity contribution < 1.29 is 13.2 Å². The molecule has 2 bridgehead atoms. The topological polar surface area (TPSA) is 119 Å². The van der Waals surface area contributed by atoms with Gasteiger partial charge in [0.05, 0.1) is 6.54 Å². The zero-order chi connectivity index (χ0) is 18.2. The Morgan fingerprint density at radius 1 is 1.35 bits per heavy atom. The predicted octanol–water partition coefficient (Wildman–Crippen LogP) is 0.451. The standard InChI is InChI=1S/C16H27N5O3S.ClH/c1-10-19-15(9-21(10)2)25(23,24)18-8-14(22)20-16-11-4-3-5-12(16)7-13(17)6-11;/h9,11-13,16,18H,3-8,17H2,1-2H3,(H,20,22);1H. The molecule has 0 aromatic carbocycles. The number of imidazole rings is 1. The Balaban J connectivity index is 0.00000243. The number of carbonyl (C=O) groups excluding carboxylic acids is 1. The first-order valence-corrected chi connectivity index (χ1v) is 10.3. The van der Waals surface area contributed by atoms with E-state index >= 15 is 0 Å². The number of carbonyl (C=O) groups is 1.